The average molecular weight is 702 g/mol. The number of hydrogen-bond donors (Lipinski definition) is 2. The summed E-state index contributed by atoms with van der Waals surface area (Å²) in [5.41, 5.74) is 9.96. The van der Waals surface area contributed by atoms with Crippen LogP contribution in [0.3, 0.4) is 0 Å². The molecule has 0 spiro atoms. The number of anilines is 3. The van der Waals surface area contributed by atoms with Gasteiger partial charge in [-0.05, 0) is 91.6 Å². The van der Waals surface area contributed by atoms with E-state index in [1.807, 2.05) is 41.4 Å². The molecule has 1 aromatic heterocycles. The summed E-state index contributed by atoms with van der Waals surface area (Å²) in [7, 11) is 1.87. The van der Waals surface area contributed by atoms with Crippen molar-refractivity contribution in [2.45, 2.75) is 83.1 Å². The van der Waals surface area contributed by atoms with Gasteiger partial charge in [0.15, 0.2) is 5.82 Å². The molecule has 1 amide bonds. The van der Waals surface area contributed by atoms with Crippen molar-refractivity contribution < 1.29 is 28.2 Å². The van der Waals surface area contributed by atoms with Crippen LogP contribution in [0.5, 0.6) is 0 Å². The standard InChI is InChI=1S/C38H45F2N7O4/c1-23(48)44-15-13-34-33(22-44)37(46-14-3-4-25-16-31(26-18-41-43(2)19-26)32(36(39)40)17-35(25)46)42-47(34)28-9-11-29(12-10-28)51-30-20-45(21-30)27-7-5-24(6-8-27)38(49)50/h5-8,16-17,19,28-30,36,41H,3-4,9-15,18,20-22H2,1-2H3,(H,49,50). The van der Waals surface area contributed by atoms with Gasteiger partial charge in [-0.1, -0.05) is 0 Å². The molecule has 3 aromatic rings. The molecule has 1 saturated heterocycles. The molecule has 8 rings (SSSR count). The minimum atomic E-state index is -2.62. The fraction of sp³-hybridized carbons (Fsp3) is 0.500. The number of fused-ring (bicyclic) bond motifs is 2. The van der Waals surface area contributed by atoms with Crippen LogP contribution in [-0.4, -0.2) is 88.7 Å². The fourth-order valence-corrected chi connectivity index (χ4v) is 8.49. The summed E-state index contributed by atoms with van der Waals surface area (Å²) in [5.74, 6) is -0.114. The first-order chi connectivity index (χ1) is 24.6. The van der Waals surface area contributed by atoms with E-state index in [0.717, 1.165) is 91.2 Å². The van der Waals surface area contributed by atoms with Crippen molar-refractivity contribution in [2.24, 2.45) is 0 Å². The molecule has 1 saturated carbocycles. The molecule has 11 nitrogen and oxygen atoms in total. The third-order valence-corrected chi connectivity index (χ3v) is 11.3. The highest BCUT2D eigenvalue weighted by Crippen LogP contribution is 2.44. The number of nitrogens with zero attached hydrogens (tertiary/aromatic N) is 6. The molecule has 0 radical (unpaired) electrons. The Hall–Kier alpha value is -4.49. The predicted octanol–water partition coefficient (Wildman–Crippen LogP) is 5.69. The van der Waals surface area contributed by atoms with Gasteiger partial charge in [-0.15, -0.1) is 0 Å². The number of nitrogens with one attached hydrogen (secondary N) is 1. The summed E-state index contributed by atoms with van der Waals surface area (Å²) in [6.45, 7) is 5.45. The quantitative estimate of drug-likeness (QED) is 0.307. The maximum atomic E-state index is 14.6. The Morgan fingerprint density at radius 3 is 2.45 bits per heavy atom. The lowest BCUT2D eigenvalue weighted by Gasteiger charge is -2.43. The van der Waals surface area contributed by atoms with Crippen molar-refractivity contribution in [3.63, 3.8) is 0 Å². The summed E-state index contributed by atoms with van der Waals surface area (Å²) in [6, 6.07) is 10.8. The van der Waals surface area contributed by atoms with Crippen LogP contribution >= 0.6 is 0 Å². The van der Waals surface area contributed by atoms with Crippen molar-refractivity contribution in [1.82, 2.24) is 25.1 Å². The zero-order valence-electron chi connectivity index (χ0n) is 29.2. The number of amides is 1. The van der Waals surface area contributed by atoms with E-state index in [4.69, 9.17) is 9.84 Å². The molecule has 51 heavy (non-hydrogen) atoms. The first-order valence-corrected chi connectivity index (χ1v) is 18.1. The van der Waals surface area contributed by atoms with Crippen LogP contribution in [-0.2, 0) is 28.9 Å². The van der Waals surface area contributed by atoms with Crippen LogP contribution in [0.1, 0.15) is 89.8 Å². The number of ether oxygens (including phenoxy) is 1. The predicted molar refractivity (Wildman–Crippen MR) is 189 cm³/mol. The molecule has 2 fully saturated rings. The first-order valence-electron chi connectivity index (χ1n) is 18.1. The molecule has 5 aliphatic rings. The number of hydrazine groups is 1. The Balaban J connectivity index is 1.00. The van der Waals surface area contributed by atoms with Crippen LogP contribution in [0, 0.1) is 0 Å². The second-order valence-corrected chi connectivity index (χ2v) is 14.6. The maximum Gasteiger partial charge on any atom is 0.335 e. The lowest BCUT2D eigenvalue weighted by Crippen LogP contribution is -2.53. The molecule has 13 heteroatoms. The Labute approximate surface area is 296 Å². The van der Waals surface area contributed by atoms with Crippen LogP contribution in [0.4, 0.5) is 26.0 Å². The number of hydrogen-bond acceptors (Lipinski definition) is 8. The molecule has 2 N–H and O–H groups in total. The lowest BCUT2D eigenvalue weighted by atomic mass is 9.91. The molecule has 4 aliphatic heterocycles. The van der Waals surface area contributed by atoms with E-state index < -0.39 is 12.4 Å². The Morgan fingerprint density at radius 2 is 1.78 bits per heavy atom. The summed E-state index contributed by atoms with van der Waals surface area (Å²) >= 11 is 0. The lowest BCUT2D eigenvalue weighted by molar-refractivity contribution is -0.129. The third-order valence-electron chi connectivity index (χ3n) is 11.3. The van der Waals surface area contributed by atoms with Gasteiger partial charge in [-0.25, -0.2) is 19.0 Å². The number of carbonyl (C=O) groups is 2. The van der Waals surface area contributed by atoms with E-state index in [0.29, 0.717) is 38.2 Å². The Bertz CT molecular complexity index is 1850. The van der Waals surface area contributed by atoms with Crippen LogP contribution in [0.15, 0.2) is 42.6 Å². The Morgan fingerprint density at radius 1 is 1.02 bits per heavy atom. The highest BCUT2D eigenvalue weighted by Gasteiger charge is 2.37. The smallest absolute Gasteiger partial charge is 0.335 e. The van der Waals surface area contributed by atoms with Crippen LogP contribution in [0.2, 0.25) is 0 Å². The molecule has 0 bridgehead atoms. The molecular weight excluding hydrogens is 656 g/mol. The summed E-state index contributed by atoms with van der Waals surface area (Å²) in [4.78, 5) is 29.9. The van der Waals surface area contributed by atoms with E-state index in [-0.39, 0.29) is 35.3 Å². The van der Waals surface area contributed by atoms with Crippen molar-refractivity contribution in [3.05, 3.63) is 76.1 Å². The number of aromatic carboxylic acids is 1. The fourth-order valence-electron chi connectivity index (χ4n) is 8.49. The average Bonchev–Trinajstić information content (AvgIpc) is 3.72. The molecule has 0 atom stereocenters. The van der Waals surface area contributed by atoms with E-state index in [2.05, 4.69) is 19.9 Å². The van der Waals surface area contributed by atoms with Gasteiger partial charge in [0.25, 0.3) is 6.43 Å². The third kappa shape index (κ3) is 6.46. The number of carbonyl (C=O) groups excluding carboxylic acids is 1. The normalized spacial score (nSPS) is 22.2. The molecule has 1 aliphatic carbocycles. The van der Waals surface area contributed by atoms with E-state index >= 15 is 0 Å². The molecule has 0 unspecified atom stereocenters. The summed E-state index contributed by atoms with van der Waals surface area (Å²) < 4.78 is 38.0. The number of carboxylic acids is 1. The highest BCUT2D eigenvalue weighted by atomic mass is 19.3. The van der Waals surface area contributed by atoms with Gasteiger partial charge in [0, 0.05) is 87.5 Å². The van der Waals surface area contributed by atoms with E-state index in [1.165, 1.54) is 0 Å². The van der Waals surface area contributed by atoms with Gasteiger partial charge in [0.05, 0.1) is 30.4 Å². The van der Waals surface area contributed by atoms with Gasteiger partial charge < -0.3 is 29.6 Å². The zero-order chi connectivity index (χ0) is 35.4. The molecule has 5 heterocycles. The SMILES string of the molecule is CC(=O)N1CCc2c(c(N3CCCc4cc(C5=CN(C)NC5)c(C(F)F)cc43)nn2C2CCC(OC3CN(c4ccc(C(=O)O)cc4)C3)CC2)C1. The molecule has 2 aromatic carbocycles. The monoisotopic (exact) mass is 701 g/mol. The minimum Gasteiger partial charge on any atom is -0.478 e. The number of carboxylic acid groups (broad SMARTS) is 1. The zero-order valence-corrected chi connectivity index (χ0v) is 29.2. The van der Waals surface area contributed by atoms with Crippen LogP contribution in [0.25, 0.3) is 5.57 Å². The van der Waals surface area contributed by atoms with Gasteiger partial charge in [-0.3, -0.25) is 9.48 Å². The van der Waals surface area contributed by atoms with E-state index in [1.54, 1.807) is 25.1 Å². The van der Waals surface area contributed by atoms with Crippen molar-refractivity contribution in [2.75, 3.05) is 49.6 Å². The minimum absolute atomic E-state index is 0.0240. The number of benzene rings is 2. The highest BCUT2D eigenvalue weighted by molar-refractivity contribution is 5.88. The van der Waals surface area contributed by atoms with Crippen molar-refractivity contribution in [3.8, 4) is 0 Å². The first kappa shape index (κ1) is 33.6. The van der Waals surface area contributed by atoms with Gasteiger partial charge in [-0.2, -0.15) is 5.10 Å². The van der Waals surface area contributed by atoms with Crippen LogP contribution < -0.4 is 15.2 Å². The number of halogens is 2. The number of alkyl halides is 2. The van der Waals surface area contributed by atoms with Crippen molar-refractivity contribution >= 4 is 34.6 Å². The molecule has 270 valence electrons. The topological polar surface area (TPSA) is 106 Å². The van der Waals surface area contributed by atoms with Gasteiger partial charge in [0.1, 0.15) is 0 Å². The summed E-state index contributed by atoms with van der Waals surface area (Å²) in [5, 5.41) is 16.3. The second kappa shape index (κ2) is 13.6. The Kier molecular flexibility index (Phi) is 8.95. The number of aryl methyl sites for hydroxylation is 1. The number of rotatable bonds is 8. The maximum absolute atomic E-state index is 14.6. The number of aromatic nitrogens is 2. The van der Waals surface area contributed by atoms with E-state index in [9.17, 15) is 23.5 Å². The largest absolute Gasteiger partial charge is 0.478 e. The molecular formula is C38H45F2N7O4. The second-order valence-electron chi connectivity index (χ2n) is 14.6. The van der Waals surface area contributed by atoms with Gasteiger partial charge in [0.2, 0.25) is 5.91 Å². The van der Waals surface area contributed by atoms with Gasteiger partial charge >= 0.3 is 5.97 Å². The summed E-state index contributed by atoms with van der Waals surface area (Å²) in [6.07, 6.45) is 5.67. The van der Waals surface area contributed by atoms with Crippen molar-refractivity contribution in [1.29, 1.82) is 0 Å².